The third-order valence-corrected chi connectivity index (χ3v) is 2.58. The summed E-state index contributed by atoms with van der Waals surface area (Å²) in [5, 5.41) is 8.80. The molecule has 5 nitrogen and oxygen atoms in total. The van der Waals surface area contributed by atoms with E-state index in [0.29, 0.717) is 12.8 Å². The van der Waals surface area contributed by atoms with Gasteiger partial charge in [-0.15, -0.1) is 0 Å². The molecule has 0 spiro atoms. The molecule has 0 saturated carbocycles. The van der Waals surface area contributed by atoms with E-state index >= 15 is 0 Å². The molecule has 0 unspecified atom stereocenters. The molecular weight excluding hydrogens is 184 g/mol. The predicted molar refractivity (Wildman–Crippen MR) is 49.1 cm³/mol. The van der Waals surface area contributed by atoms with Crippen molar-refractivity contribution in [3.05, 3.63) is 12.6 Å². The van der Waals surface area contributed by atoms with Crippen LogP contribution in [0.5, 0.6) is 0 Å². The van der Waals surface area contributed by atoms with Gasteiger partial charge >= 0.3 is 5.97 Å². The summed E-state index contributed by atoms with van der Waals surface area (Å²) in [7, 11) is 0. The zero-order valence-electron chi connectivity index (χ0n) is 7.72. The number of rotatable bonds is 2. The molecule has 76 valence electrons. The van der Waals surface area contributed by atoms with Gasteiger partial charge in [0.1, 0.15) is 0 Å². The Morgan fingerprint density at radius 1 is 1.57 bits per heavy atom. The highest BCUT2D eigenvalue weighted by atomic mass is 16.4. The van der Waals surface area contributed by atoms with Crippen LogP contribution in [-0.2, 0) is 4.79 Å². The topological polar surface area (TPSA) is 66.6 Å². The number of anilines is 1. The molecule has 1 aromatic heterocycles. The maximum Gasteiger partial charge on any atom is 0.306 e. The highest BCUT2D eigenvalue weighted by molar-refractivity contribution is 5.70. The number of carboxylic acid groups (broad SMARTS) is 1. The van der Waals surface area contributed by atoms with E-state index < -0.39 is 5.97 Å². The standard InChI is InChI=1S/C9H12N2O3/c12-9(13)7-1-3-11(4-2-7)8-5-10-6-14-8/h5-7H,1-4H2,(H,12,13). The van der Waals surface area contributed by atoms with Crippen molar-refractivity contribution in [2.45, 2.75) is 12.8 Å². The van der Waals surface area contributed by atoms with E-state index in [1.807, 2.05) is 4.90 Å². The minimum atomic E-state index is -0.692. The molecular formula is C9H12N2O3. The number of oxazole rings is 1. The second-order valence-electron chi connectivity index (χ2n) is 3.44. The van der Waals surface area contributed by atoms with Gasteiger partial charge in [0.15, 0.2) is 6.39 Å². The Morgan fingerprint density at radius 3 is 2.79 bits per heavy atom. The van der Waals surface area contributed by atoms with Gasteiger partial charge < -0.3 is 14.4 Å². The fourth-order valence-electron chi connectivity index (χ4n) is 1.71. The van der Waals surface area contributed by atoms with Gasteiger partial charge in [-0.25, -0.2) is 4.98 Å². The van der Waals surface area contributed by atoms with Crippen molar-refractivity contribution in [1.82, 2.24) is 4.98 Å². The number of aromatic nitrogens is 1. The highest BCUT2D eigenvalue weighted by Crippen LogP contribution is 2.22. The zero-order valence-corrected chi connectivity index (χ0v) is 7.72. The van der Waals surface area contributed by atoms with Crippen molar-refractivity contribution in [1.29, 1.82) is 0 Å². The van der Waals surface area contributed by atoms with Crippen molar-refractivity contribution >= 4 is 11.9 Å². The van der Waals surface area contributed by atoms with Crippen LogP contribution in [-0.4, -0.2) is 29.1 Å². The number of carboxylic acids is 1. The molecule has 0 aliphatic carbocycles. The van der Waals surface area contributed by atoms with Crippen molar-refractivity contribution < 1.29 is 14.3 Å². The number of hydrogen-bond acceptors (Lipinski definition) is 4. The van der Waals surface area contributed by atoms with Gasteiger partial charge in [-0.3, -0.25) is 4.79 Å². The summed E-state index contributed by atoms with van der Waals surface area (Å²) in [5.41, 5.74) is 0. The first-order valence-electron chi connectivity index (χ1n) is 4.63. The van der Waals surface area contributed by atoms with E-state index in [1.54, 1.807) is 6.20 Å². The van der Waals surface area contributed by atoms with Gasteiger partial charge in [0.25, 0.3) is 0 Å². The van der Waals surface area contributed by atoms with E-state index in [4.69, 9.17) is 9.52 Å². The second kappa shape index (κ2) is 3.69. The number of aliphatic carboxylic acids is 1. The summed E-state index contributed by atoms with van der Waals surface area (Å²) < 4.78 is 5.14. The van der Waals surface area contributed by atoms with Crippen molar-refractivity contribution in [3.8, 4) is 0 Å². The van der Waals surface area contributed by atoms with Crippen LogP contribution < -0.4 is 4.90 Å². The summed E-state index contributed by atoms with van der Waals surface area (Å²) >= 11 is 0. The van der Waals surface area contributed by atoms with E-state index in [2.05, 4.69) is 4.98 Å². The Labute approximate surface area is 81.3 Å². The summed E-state index contributed by atoms with van der Waals surface area (Å²) in [6.45, 7) is 1.46. The summed E-state index contributed by atoms with van der Waals surface area (Å²) in [6, 6.07) is 0. The van der Waals surface area contributed by atoms with Crippen LogP contribution in [0.1, 0.15) is 12.8 Å². The van der Waals surface area contributed by atoms with Crippen LogP contribution >= 0.6 is 0 Å². The Hall–Kier alpha value is -1.52. The van der Waals surface area contributed by atoms with Gasteiger partial charge in [-0.1, -0.05) is 0 Å². The lowest BCUT2D eigenvalue weighted by molar-refractivity contribution is -0.142. The molecule has 0 amide bonds. The lowest BCUT2D eigenvalue weighted by Crippen LogP contribution is -2.36. The molecule has 1 aliphatic heterocycles. The van der Waals surface area contributed by atoms with Gasteiger partial charge in [0.2, 0.25) is 5.88 Å². The minimum Gasteiger partial charge on any atom is -0.481 e. The van der Waals surface area contributed by atoms with Gasteiger partial charge in [-0.05, 0) is 12.8 Å². The molecule has 1 N–H and O–H groups in total. The van der Waals surface area contributed by atoms with Crippen molar-refractivity contribution in [3.63, 3.8) is 0 Å². The normalized spacial score (nSPS) is 18.4. The van der Waals surface area contributed by atoms with E-state index in [0.717, 1.165) is 19.0 Å². The fraction of sp³-hybridized carbons (Fsp3) is 0.556. The molecule has 2 heterocycles. The molecule has 1 fully saturated rings. The average Bonchev–Trinajstić information content (AvgIpc) is 2.71. The third kappa shape index (κ3) is 1.71. The smallest absolute Gasteiger partial charge is 0.306 e. The first-order valence-corrected chi connectivity index (χ1v) is 4.63. The Kier molecular flexibility index (Phi) is 2.39. The van der Waals surface area contributed by atoms with E-state index in [9.17, 15) is 4.79 Å². The van der Waals surface area contributed by atoms with Crippen LogP contribution in [0.4, 0.5) is 5.88 Å². The predicted octanol–water partition coefficient (Wildman–Crippen LogP) is 0.976. The number of hydrogen-bond donors (Lipinski definition) is 1. The molecule has 1 aliphatic rings. The Morgan fingerprint density at radius 2 is 2.29 bits per heavy atom. The third-order valence-electron chi connectivity index (χ3n) is 2.58. The molecule has 1 aromatic rings. The largest absolute Gasteiger partial charge is 0.481 e. The number of piperidine rings is 1. The Balaban J connectivity index is 1.93. The highest BCUT2D eigenvalue weighted by Gasteiger charge is 2.25. The quantitative estimate of drug-likeness (QED) is 0.763. The van der Waals surface area contributed by atoms with Crippen LogP contribution in [0.3, 0.4) is 0 Å². The SMILES string of the molecule is O=C(O)C1CCN(c2cnco2)CC1. The van der Waals surface area contributed by atoms with Gasteiger partial charge in [0.05, 0.1) is 12.1 Å². The van der Waals surface area contributed by atoms with Crippen LogP contribution in [0.15, 0.2) is 17.0 Å². The van der Waals surface area contributed by atoms with E-state index in [1.165, 1.54) is 6.39 Å². The van der Waals surface area contributed by atoms with Crippen molar-refractivity contribution in [2.24, 2.45) is 5.92 Å². The molecule has 0 bridgehead atoms. The maximum atomic E-state index is 10.7. The average molecular weight is 196 g/mol. The van der Waals surface area contributed by atoms with Gasteiger partial charge in [-0.2, -0.15) is 0 Å². The summed E-state index contributed by atoms with van der Waals surface area (Å²) in [4.78, 5) is 16.5. The molecule has 1 saturated heterocycles. The summed E-state index contributed by atoms with van der Waals surface area (Å²) in [6.07, 6.45) is 4.39. The Bertz CT molecular complexity index is 302. The number of nitrogens with zero attached hydrogens (tertiary/aromatic N) is 2. The maximum absolute atomic E-state index is 10.7. The molecule has 14 heavy (non-hydrogen) atoms. The summed E-state index contributed by atoms with van der Waals surface area (Å²) in [5.74, 6) is -0.162. The fourth-order valence-corrected chi connectivity index (χ4v) is 1.71. The second-order valence-corrected chi connectivity index (χ2v) is 3.44. The molecule has 2 rings (SSSR count). The molecule has 5 heteroatoms. The lowest BCUT2D eigenvalue weighted by Gasteiger charge is -2.29. The molecule has 0 atom stereocenters. The van der Waals surface area contributed by atoms with Crippen LogP contribution in [0, 0.1) is 5.92 Å². The number of carbonyl (C=O) groups is 1. The zero-order chi connectivity index (χ0) is 9.97. The monoisotopic (exact) mass is 196 g/mol. The van der Waals surface area contributed by atoms with Gasteiger partial charge in [0, 0.05) is 13.1 Å². The first-order chi connectivity index (χ1) is 6.77. The van der Waals surface area contributed by atoms with Crippen molar-refractivity contribution in [2.75, 3.05) is 18.0 Å². The minimum absolute atomic E-state index is 0.200. The molecule has 0 radical (unpaired) electrons. The lowest BCUT2D eigenvalue weighted by atomic mass is 9.97. The first kappa shape index (κ1) is 9.05. The van der Waals surface area contributed by atoms with E-state index in [-0.39, 0.29) is 5.92 Å². The molecule has 0 aromatic carbocycles. The van der Waals surface area contributed by atoms with Crippen LogP contribution in [0.25, 0.3) is 0 Å². The van der Waals surface area contributed by atoms with Crippen LogP contribution in [0.2, 0.25) is 0 Å².